The summed E-state index contributed by atoms with van der Waals surface area (Å²) in [6, 6.07) is 28.5. The van der Waals surface area contributed by atoms with E-state index in [0.717, 1.165) is 68.8 Å². The highest BCUT2D eigenvalue weighted by atomic mass is 14.8. The Morgan fingerprint density at radius 3 is 1.45 bits per heavy atom. The van der Waals surface area contributed by atoms with Gasteiger partial charge in [0.15, 0.2) is 0 Å². The minimum atomic E-state index is 0.815. The van der Waals surface area contributed by atoms with Gasteiger partial charge < -0.3 is 0 Å². The van der Waals surface area contributed by atoms with Crippen molar-refractivity contribution in [2.24, 2.45) is 9.98 Å². The number of fused-ring (bicyclic) bond motifs is 2. The van der Waals surface area contributed by atoms with Gasteiger partial charge in [-0.2, -0.15) is 0 Å². The van der Waals surface area contributed by atoms with Crippen LogP contribution in [0.25, 0.3) is 21.8 Å². The van der Waals surface area contributed by atoms with Crippen LogP contribution in [0.2, 0.25) is 0 Å². The number of para-hydroxylation sites is 2. The molecule has 6 heteroatoms. The zero-order valence-electron chi connectivity index (χ0n) is 22.5. The average Bonchev–Trinajstić information content (AvgIpc) is 2.99. The molecule has 0 saturated heterocycles. The molecule has 0 atom stereocenters. The molecule has 0 aliphatic heterocycles. The van der Waals surface area contributed by atoms with Gasteiger partial charge in [0.2, 0.25) is 0 Å². The molecule has 40 heavy (non-hydrogen) atoms. The summed E-state index contributed by atoms with van der Waals surface area (Å²) in [4.78, 5) is 27.8. The Bertz CT molecular complexity index is 1720. The maximum absolute atomic E-state index is 4.66. The van der Waals surface area contributed by atoms with Gasteiger partial charge in [-0.25, -0.2) is 0 Å². The topological polar surface area (TPSA) is 76.3 Å². The lowest BCUT2D eigenvalue weighted by Gasteiger charge is -2.04. The van der Waals surface area contributed by atoms with Crippen LogP contribution in [-0.4, -0.2) is 32.4 Å². The molecule has 0 fully saturated rings. The molecule has 2 aromatic carbocycles. The second-order valence-electron chi connectivity index (χ2n) is 9.80. The van der Waals surface area contributed by atoms with Gasteiger partial charge in [-0.15, -0.1) is 0 Å². The first kappa shape index (κ1) is 25.2. The van der Waals surface area contributed by atoms with Crippen molar-refractivity contribution in [2.45, 2.75) is 26.7 Å². The molecule has 6 nitrogen and oxygen atoms in total. The van der Waals surface area contributed by atoms with Gasteiger partial charge >= 0.3 is 0 Å². The molecule has 6 rings (SSSR count). The predicted octanol–water partition coefficient (Wildman–Crippen LogP) is 7.48. The molecule has 6 aromatic rings. The Balaban J connectivity index is 1.07. The molecule has 0 spiro atoms. The fourth-order valence-electron chi connectivity index (χ4n) is 4.55. The predicted molar refractivity (Wildman–Crippen MR) is 163 cm³/mol. The van der Waals surface area contributed by atoms with Crippen LogP contribution in [0, 0.1) is 13.8 Å². The van der Waals surface area contributed by atoms with Gasteiger partial charge in [-0.3, -0.25) is 29.9 Å². The first-order chi connectivity index (χ1) is 19.6. The number of aliphatic imine (C=N–C) groups is 2. The maximum Gasteiger partial charge on any atom is 0.0961 e. The molecule has 0 unspecified atom stereocenters. The van der Waals surface area contributed by atoms with Gasteiger partial charge in [0.25, 0.3) is 0 Å². The van der Waals surface area contributed by atoms with Gasteiger partial charge in [-0.05, 0) is 74.2 Å². The van der Waals surface area contributed by atoms with Crippen LogP contribution in [0.1, 0.15) is 33.9 Å². The third-order valence-corrected chi connectivity index (χ3v) is 6.75. The van der Waals surface area contributed by atoms with E-state index in [1.54, 1.807) is 12.4 Å². The van der Waals surface area contributed by atoms with Crippen molar-refractivity contribution in [3.63, 3.8) is 0 Å². The van der Waals surface area contributed by atoms with E-state index in [4.69, 9.17) is 0 Å². The number of pyridine rings is 4. The Morgan fingerprint density at radius 1 is 0.550 bits per heavy atom. The monoisotopic (exact) mass is 520 g/mol. The summed E-state index contributed by atoms with van der Waals surface area (Å²) in [5, 5.41) is 2.16. The molecular weight excluding hydrogens is 492 g/mol. The van der Waals surface area contributed by atoms with Crippen LogP contribution >= 0.6 is 0 Å². The average molecular weight is 521 g/mol. The first-order valence-corrected chi connectivity index (χ1v) is 13.3. The van der Waals surface area contributed by atoms with Gasteiger partial charge in [0, 0.05) is 34.6 Å². The normalized spacial score (nSPS) is 11.8. The van der Waals surface area contributed by atoms with Crippen molar-refractivity contribution in [3.05, 3.63) is 131 Å². The number of rotatable bonds is 7. The highest BCUT2D eigenvalue weighted by Gasteiger charge is 2.04. The Hall–Kier alpha value is -5.10. The second-order valence-corrected chi connectivity index (χ2v) is 9.80. The summed E-state index contributed by atoms with van der Waals surface area (Å²) in [5.41, 5.74) is 9.42. The summed E-state index contributed by atoms with van der Waals surface area (Å²) in [5.74, 6) is 0. The smallest absolute Gasteiger partial charge is 0.0961 e. The summed E-state index contributed by atoms with van der Waals surface area (Å²) in [6.45, 7) is 3.98. The van der Waals surface area contributed by atoms with E-state index in [-0.39, 0.29) is 0 Å². The SMILES string of the molecule is Cc1ccc2cccc(N=Cc3ccc(CCc4ccc(C=Nc5cccc6ccc(C)nc56)nc4)cn3)c2n1. The lowest BCUT2D eigenvalue weighted by molar-refractivity contribution is 0.939. The molecule has 0 radical (unpaired) electrons. The largest absolute Gasteiger partial charge is 0.255 e. The lowest BCUT2D eigenvalue weighted by atomic mass is 10.1. The zero-order valence-corrected chi connectivity index (χ0v) is 22.5. The molecular formula is C34H28N6. The number of aryl methyl sites for hydroxylation is 4. The molecule has 0 aliphatic rings. The van der Waals surface area contributed by atoms with Crippen LogP contribution in [0.5, 0.6) is 0 Å². The molecule has 0 saturated carbocycles. The molecule has 0 bridgehead atoms. The minimum Gasteiger partial charge on any atom is -0.255 e. The van der Waals surface area contributed by atoms with Crippen molar-refractivity contribution >= 4 is 45.6 Å². The highest BCUT2D eigenvalue weighted by Crippen LogP contribution is 2.25. The number of nitrogens with zero attached hydrogens (tertiary/aromatic N) is 6. The van der Waals surface area contributed by atoms with Gasteiger partial charge in [0.1, 0.15) is 0 Å². The summed E-state index contributed by atoms with van der Waals surface area (Å²) in [6.07, 6.45) is 9.19. The van der Waals surface area contributed by atoms with E-state index in [0.29, 0.717) is 0 Å². The number of hydrogen-bond acceptors (Lipinski definition) is 6. The number of aromatic nitrogens is 4. The minimum absolute atomic E-state index is 0.815. The fourth-order valence-corrected chi connectivity index (χ4v) is 4.55. The molecule has 0 N–H and O–H groups in total. The van der Waals surface area contributed by atoms with Gasteiger partial charge in [-0.1, -0.05) is 48.5 Å². The molecule has 4 heterocycles. The fraction of sp³-hybridized carbons (Fsp3) is 0.118. The maximum atomic E-state index is 4.66. The Kier molecular flexibility index (Phi) is 7.14. The summed E-state index contributed by atoms with van der Waals surface area (Å²) in [7, 11) is 0. The Labute approximate surface area is 233 Å². The van der Waals surface area contributed by atoms with Crippen molar-refractivity contribution in [1.82, 2.24) is 19.9 Å². The van der Waals surface area contributed by atoms with Crippen molar-refractivity contribution in [2.75, 3.05) is 0 Å². The van der Waals surface area contributed by atoms with Crippen LogP contribution < -0.4 is 0 Å². The van der Waals surface area contributed by atoms with Crippen LogP contribution in [0.3, 0.4) is 0 Å². The molecule has 194 valence electrons. The van der Waals surface area contributed by atoms with Crippen molar-refractivity contribution in [3.8, 4) is 0 Å². The quantitative estimate of drug-likeness (QED) is 0.205. The van der Waals surface area contributed by atoms with Crippen molar-refractivity contribution < 1.29 is 0 Å². The molecule has 4 aromatic heterocycles. The third kappa shape index (κ3) is 5.81. The highest BCUT2D eigenvalue weighted by molar-refractivity contribution is 5.93. The van der Waals surface area contributed by atoms with Gasteiger partial charge in [0.05, 0.1) is 46.2 Å². The number of hydrogen-bond donors (Lipinski definition) is 0. The summed E-state index contributed by atoms with van der Waals surface area (Å²) >= 11 is 0. The van der Waals surface area contributed by atoms with E-state index < -0.39 is 0 Å². The lowest BCUT2D eigenvalue weighted by Crippen LogP contribution is -1.96. The zero-order chi connectivity index (χ0) is 27.3. The first-order valence-electron chi connectivity index (χ1n) is 13.3. The molecule has 0 aliphatic carbocycles. The van der Waals surface area contributed by atoms with Crippen LogP contribution in [0.15, 0.2) is 107 Å². The van der Waals surface area contributed by atoms with Crippen molar-refractivity contribution in [1.29, 1.82) is 0 Å². The van der Waals surface area contributed by atoms with Crippen LogP contribution in [-0.2, 0) is 12.8 Å². The van der Waals surface area contributed by atoms with E-state index in [1.165, 1.54) is 11.1 Å². The third-order valence-electron chi connectivity index (χ3n) is 6.75. The van der Waals surface area contributed by atoms with E-state index >= 15 is 0 Å². The van der Waals surface area contributed by atoms with Crippen LogP contribution in [0.4, 0.5) is 11.4 Å². The van der Waals surface area contributed by atoms with E-state index in [1.807, 2.05) is 74.8 Å². The molecule has 0 amide bonds. The standard InChI is InChI=1S/C34H28N6/c1-23-9-15-27-5-3-7-31(33(27)39-23)37-21-29-17-13-25(19-35-29)11-12-26-14-18-30(36-20-26)22-38-32-8-4-6-28-16-10-24(2)40-34(28)32/h3-10,13-22H,11-12H2,1-2H3. The van der Waals surface area contributed by atoms with E-state index in [9.17, 15) is 0 Å². The second kappa shape index (κ2) is 11.3. The summed E-state index contributed by atoms with van der Waals surface area (Å²) < 4.78 is 0. The Morgan fingerprint density at radius 2 is 1.02 bits per heavy atom. The number of benzene rings is 2. The van der Waals surface area contributed by atoms with E-state index in [2.05, 4.69) is 66.3 Å².